The molecule has 35 heavy (non-hydrogen) atoms. The number of thiazole rings is 1. The van der Waals surface area contributed by atoms with E-state index in [0.717, 1.165) is 31.5 Å². The van der Waals surface area contributed by atoms with E-state index in [9.17, 15) is 13.2 Å². The number of fused-ring (bicyclic) bond motifs is 1. The van der Waals surface area contributed by atoms with Crippen LogP contribution in [0.15, 0.2) is 42.5 Å². The Morgan fingerprint density at radius 1 is 1.00 bits per heavy atom. The largest absolute Gasteiger partial charge is 0.416 e. The number of para-hydroxylation sites is 1. The topological polar surface area (TPSA) is 66.0 Å². The highest BCUT2D eigenvalue weighted by Crippen LogP contribution is 2.38. The zero-order valence-electron chi connectivity index (χ0n) is 18.3. The molecule has 0 amide bonds. The van der Waals surface area contributed by atoms with Crippen molar-refractivity contribution in [1.29, 1.82) is 0 Å². The highest BCUT2D eigenvalue weighted by Gasteiger charge is 2.30. The second kappa shape index (κ2) is 9.33. The summed E-state index contributed by atoms with van der Waals surface area (Å²) in [5, 5.41) is 7.67. The summed E-state index contributed by atoms with van der Waals surface area (Å²) in [5.41, 5.74) is 0.735. The Hall–Kier alpha value is -2.82. The Labute approximate surface area is 213 Å². The molecule has 1 atom stereocenters. The van der Waals surface area contributed by atoms with Crippen molar-refractivity contribution in [1.82, 2.24) is 15.0 Å². The fourth-order valence-corrected chi connectivity index (χ4v) is 5.25. The zero-order valence-corrected chi connectivity index (χ0v) is 20.7. The van der Waals surface area contributed by atoms with Crippen LogP contribution in [0.4, 0.5) is 41.4 Å². The van der Waals surface area contributed by atoms with E-state index in [-0.39, 0.29) is 6.04 Å². The Balaban J connectivity index is 1.55. The third-order valence-corrected chi connectivity index (χ3v) is 7.22. The monoisotopic (exact) mass is 538 g/mol. The highest BCUT2D eigenvalue weighted by atomic mass is 35.5. The number of rotatable bonds is 5. The van der Waals surface area contributed by atoms with E-state index in [1.165, 1.54) is 23.5 Å². The number of anilines is 5. The van der Waals surface area contributed by atoms with Gasteiger partial charge < -0.3 is 15.5 Å². The van der Waals surface area contributed by atoms with E-state index in [2.05, 4.69) is 27.4 Å². The SMILES string of the molecule is CC1CCCN1c1nc(Nc2ccc(C(F)(F)F)cc2)c2nc(Nc3c(Cl)cccc3Cl)sc2n1. The first-order valence-electron chi connectivity index (χ1n) is 10.8. The third-order valence-electron chi connectivity index (χ3n) is 5.73. The van der Waals surface area contributed by atoms with E-state index < -0.39 is 11.7 Å². The molecule has 0 spiro atoms. The quantitative estimate of drug-likeness (QED) is 0.269. The Bertz CT molecular complexity index is 1360. The fraction of sp³-hybridized carbons (Fsp3) is 0.261. The van der Waals surface area contributed by atoms with E-state index in [1.807, 2.05) is 0 Å². The molecule has 1 saturated heterocycles. The number of benzene rings is 2. The lowest BCUT2D eigenvalue weighted by atomic mass is 10.2. The van der Waals surface area contributed by atoms with Crippen LogP contribution in [0.1, 0.15) is 25.3 Å². The molecule has 2 aromatic heterocycles. The van der Waals surface area contributed by atoms with E-state index >= 15 is 0 Å². The van der Waals surface area contributed by atoms with Gasteiger partial charge in [-0.05, 0) is 56.2 Å². The number of hydrogen-bond donors (Lipinski definition) is 2. The molecule has 1 aliphatic heterocycles. The Kier molecular flexibility index (Phi) is 6.37. The van der Waals surface area contributed by atoms with Crippen molar-refractivity contribution in [3.05, 3.63) is 58.1 Å². The molecule has 0 aliphatic carbocycles. The molecule has 0 radical (unpaired) electrons. The number of hydrogen-bond acceptors (Lipinski definition) is 7. The predicted octanol–water partition coefficient (Wildman–Crippen LogP) is 7.89. The number of halogens is 5. The van der Waals surface area contributed by atoms with Crippen molar-refractivity contribution in [2.75, 3.05) is 22.1 Å². The van der Waals surface area contributed by atoms with Crippen LogP contribution in [0.5, 0.6) is 0 Å². The summed E-state index contributed by atoms with van der Waals surface area (Å²) in [6, 6.07) is 10.2. The Morgan fingerprint density at radius 2 is 1.71 bits per heavy atom. The molecule has 2 N–H and O–H groups in total. The molecule has 1 aliphatic rings. The first-order chi connectivity index (χ1) is 16.7. The van der Waals surface area contributed by atoms with Gasteiger partial charge in [-0.1, -0.05) is 40.6 Å². The standard InChI is InChI=1S/C23H19Cl2F3N6S/c1-12-4-3-11-34(12)21-32-19(29-14-9-7-13(8-10-14)23(26,27)28)18-20(33-21)35-22(31-18)30-17-15(24)5-2-6-16(17)25/h2,5-10,12H,3-4,11H2,1H3,(H,30,31)(H,29,32,33). The van der Waals surface area contributed by atoms with Gasteiger partial charge >= 0.3 is 6.18 Å². The maximum absolute atomic E-state index is 13.0. The summed E-state index contributed by atoms with van der Waals surface area (Å²) in [7, 11) is 0. The molecule has 3 heterocycles. The molecule has 12 heteroatoms. The number of alkyl halides is 3. The van der Waals surface area contributed by atoms with Gasteiger partial charge in [-0.3, -0.25) is 0 Å². The van der Waals surface area contributed by atoms with Gasteiger partial charge in [0.1, 0.15) is 5.52 Å². The van der Waals surface area contributed by atoms with E-state index in [0.29, 0.717) is 48.7 Å². The van der Waals surface area contributed by atoms with Crippen LogP contribution in [0.2, 0.25) is 10.0 Å². The molecule has 2 aromatic carbocycles. The average Bonchev–Trinajstić information content (AvgIpc) is 3.42. The first kappa shape index (κ1) is 23.9. The number of aromatic nitrogens is 3. The van der Waals surface area contributed by atoms with Crippen LogP contribution in [-0.4, -0.2) is 27.5 Å². The van der Waals surface area contributed by atoms with E-state index in [1.54, 1.807) is 18.2 Å². The second-order valence-electron chi connectivity index (χ2n) is 8.15. The summed E-state index contributed by atoms with van der Waals surface area (Å²) in [4.78, 5) is 16.8. The lowest BCUT2D eigenvalue weighted by Gasteiger charge is -2.21. The maximum atomic E-state index is 13.0. The van der Waals surface area contributed by atoms with Crippen molar-refractivity contribution in [2.24, 2.45) is 0 Å². The zero-order chi connectivity index (χ0) is 24.7. The van der Waals surface area contributed by atoms with Gasteiger partial charge in [-0.15, -0.1) is 0 Å². The minimum absolute atomic E-state index is 0.277. The van der Waals surface area contributed by atoms with Crippen molar-refractivity contribution < 1.29 is 13.2 Å². The lowest BCUT2D eigenvalue weighted by Crippen LogP contribution is -2.28. The summed E-state index contributed by atoms with van der Waals surface area (Å²) in [6.45, 7) is 2.94. The Morgan fingerprint density at radius 3 is 2.34 bits per heavy atom. The van der Waals surface area contributed by atoms with Crippen molar-refractivity contribution in [2.45, 2.75) is 32.0 Å². The second-order valence-corrected chi connectivity index (χ2v) is 9.94. The fourth-order valence-electron chi connectivity index (χ4n) is 3.91. The summed E-state index contributed by atoms with van der Waals surface area (Å²) >= 11 is 13.9. The van der Waals surface area contributed by atoms with Gasteiger partial charge in [0.25, 0.3) is 0 Å². The normalized spacial score (nSPS) is 16.2. The van der Waals surface area contributed by atoms with Crippen LogP contribution >= 0.6 is 34.5 Å². The molecule has 0 saturated carbocycles. The van der Waals surface area contributed by atoms with Crippen LogP contribution in [-0.2, 0) is 6.18 Å². The first-order valence-corrected chi connectivity index (χ1v) is 12.4. The third kappa shape index (κ3) is 4.96. The molecule has 0 bridgehead atoms. The number of nitrogens with zero attached hydrogens (tertiary/aromatic N) is 4. The molecule has 1 fully saturated rings. The summed E-state index contributed by atoms with van der Waals surface area (Å²) in [5.74, 6) is 0.946. The lowest BCUT2D eigenvalue weighted by molar-refractivity contribution is -0.137. The van der Waals surface area contributed by atoms with Gasteiger partial charge in [-0.25, -0.2) is 4.98 Å². The van der Waals surface area contributed by atoms with Gasteiger partial charge in [0.15, 0.2) is 15.8 Å². The van der Waals surface area contributed by atoms with Crippen molar-refractivity contribution in [3.8, 4) is 0 Å². The predicted molar refractivity (Wildman–Crippen MR) is 136 cm³/mol. The minimum atomic E-state index is -4.41. The average molecular weight is 539 g/mol. The van der Waals surface area contributed by atoms with Crippen molar-refractivity contribution in [3.63, 3.8) is 0 Å². The van der Waals surface area contributed by atoms with Gasteiger partial charge in [0, 0.05) is 18.3 Å². The molecule has 4 aromatic rings. The van der Waals surface area contributed by atoms with Gasteiger partial charge in [0.2, 0.25) is 5.95 Å². The molecule has 6 nitrogen and oxygen atoms in total. The van der Waals surface area contributed by atoms with Crippen LogP contribution < -0.4 is 15.5 Å². The molecule has 182 valence electrons. The molecule has 5 rings (SSSR count). The summed E-state index contributed by atoms with van der Waals surface area (Å²) in [6.07, 6.45) is -2.34. The van der Waals surface area contributed by atoms with E-state index in [4.69, 9.17) is 33.2 Å². The minimum Gasteiger partial charge on any atom is -0.338 e. The van der Waals surface area contributed by atoms with Gasteiger partial charge in [0.05, 0.1) is 21.3 Å². The highest BCUT2D eigenvalue weighted by molar-refractivity contribution is 7.22. The number of nitrogens with one attached hydrogen (secondary N) is 2. The maximum Gasteiger partial charge on any atom is 0.416 e. The molecular formula is C23H19Cl2F3N6S. The summed E-state index contributed by atoms with van der Waals surface area (Å²) < 4.78 is 38.9. The van der Waals surface area contributed by atoms with Crippen LogP contribution in [0.3, 0.4) is 0 Å². The molecular weight excluding hydrogens is 520 g/mol. The van der Waals surface area contributed by atoms with Crippen molar-refractivity contribution >= 4 is 73.2 Å². The molecule has 1 unspecified atom stereocenters. The van der Waals surface area contributed by atoms with Crippen LogP contribution in [0.25, 0.3) is 10.3 Å². The van der Waals surface area contributed by atoms with Gasteiger partial charge in [-0.2, -0.15) is 23.1 Å². The smallest absolute Gasteiger partial charge is 0.338 e. The van der Waals surface area contributed by atoms with Crippen LogP contribution in [0, 0.1) is 0 Å².